The quantitative estimate of drug-likeness (QED) is 0.826. The van der Waals surface area contributed by atoms with Crippen LogP contribution in [0.4, 0.5) is 5.82 Å². The van der Waals surface area contributed by atoms with Crippen molar-refractivity contribution >= 4 is 26.7 Å². The minimum Gasteiger partial charge on any atom is -0.367 e. The molecule has 1 aliphatic carbocycles. The number of aromatic nitrogens is 1. The van der Waals surface area contributed by atoms with Crippen LogP contribution < -0.4 is 10.0 Å². The largest absolute Gasteiger partial charge is 0.367 e. The molecule has 5 nitrogen and oxygen atoms in total. The maximum absolute atomic E-state index is 11.9. The summed E-state index contributed by atoms with van der Waals surface area (Å²) in [5, 5.41) is 4.31. The third-order valence-electron chi connectivity index (χ3n) is 4.99. The Labute approximate surface area is 150 Å². The minimum absolute atomic E-state index is 0.371. The predicted octanol–water partition coefficient (Wildman–Crippen LogP) is 3.53. The Bertz CT molecular complexity index is 812. The molecule has 0 amide bonds. The van der Waals surface area contributed by atoms with Gasteiger partial charge in [-0.1, -0.05) is 18.2 Å². The zero-order valence-electron chi connectivity index (χ0n) is 14.9. The molecule has 1 aromatic heterocycles. The number of anilines is 1. The van der Waals surface area contributed by atoms with E-state index in [1.165, 1.54) is 0 Å². The monoisotopic (exact) mass is 361 g/mol. The first kappa shape index (κ1) is 18.1. The molecule has 3 rings (SSSR count). The molecular formula is C19H27N3O2S. The lowest BCUT2D eigenvalue weighted by atomic mass is 9.86. The van der Waals surface area contributed by atoms with Crippen LogP contribution in [0.2, 0.25) is 0 Å². The lowest BCUT2D eigenvalue weighted by Crippen LogP contribution is -2.37. The average molecular weight is 362 g/mol. The van der Waals surface area contributed by atoms with Crippen molar-refractivity contribution in [3.8, 4) is 0 Å². The minimum atomic E-state index is -3.16. The van der Waals surface area contributed by atoms with Crippen molar-refractivity contribution in [3.05, 3.63) is 36.4 Å². The van der Waals surface area contributed by atoms with Crippen molar-refractivity contribution in [3.63, 3.8) is 0 Å². The Morgan fingerprint density at radius 1 is 1.08 bits per heavy atom. The van der Waals surface area contributed by atoms with Crippen molar-refractivity contribution in [2.24, 2.45) is 5.92 Å². The Kier molecular flexibility index (Phi) is 5.59. The number of hydrogen-bond acceptors (Lipinski definition) is 4. The average Bonchev–Trinajstić information content (AvgIpc) is 2.61. The van der Waals surface area contributed by atoms with E-state index >= 15 is 0 Å². The molecule has 0 atom stereocenters. The standard InChI is InChI=1S/C19H27N3O2S/c1-14(2)25(23,24)20-13-15-7-10-17(11-8-15)21-19-12-9-16-5-3-4-6-18(16)22-19/h3-6,9,12,14-15,17,20H,7-8,10-11,13H2,1-2H3,(H,21,22)/t15-,17-. The summed E-state index contributed by atoms with van der Waals surface area (Å²) in [5.41, 5.74) is 1.00. The van der Waals surface area contributed by atoms with Gasteiger partial charge in [0.2, 0.25) is 10.0 Å². The van der Waals surface area contributed by atoms with Gasteiger partial charge in [0, 0.05) is 18.0 Å². The summed E-state index contributed by atoms with van der Waals surface area (Å²) in [5.74, 6) is 1.35. The van der Waals surface area contributed by atoms with Gasteiger partial charge in [-0.15, -0.1) is 0 Å². The number of para-hydroxylation sites is 1. The second kappa shape index (κ2) is 7.70. The van der Waals surface area contributed by atoms with E-state index in [0.29, 0.717) is 18.5 Å². The first-order chi connectivity index (χ1) is 11.9. The van der Waals surface area contributed by atoms with Crippen molar-refractivity contribution in [1.82, 2.24) is 9.71 Å². The van der Waals surface area contributed by atoms with Gasteiger partial charge in [-0.05, 0) is 63.6 Å². The highest BCUT2D eigenvalue weighted by atomic mass is 32.2. The second-order valence-corrected chi connectivity index (χ2v) is 9.51. The summed E-state index contributed by atoms with van der Waals surface area (Å²) in [4.78, 5) is 4.67. The molecule has 2 aromatic rings. The van der Waals surface area contributed by atoms with E-state index in [4.69, 9.17) is 0 Å². The number of benzene rings is 1. The van der Waals surface area contributed by atoms with Crippen molar-refractivity contribution in [1.29, 1.82) is 0 Å². The van der Waals surface area contributed by atoms with Crippen LogP contribution in [0.1, 0.15) is 39.5 Å². The summed E-state index contributed by atoms with van der Waals surface area (Å²) in [7, 11) is -3.16. The van der Waals surface area contributed by atoms with Gasteiger partial charge in [0.25, 0.3) is 0 Å². The van der Waals surface area contributed by atoms with E-state index in [2.05, 4.69) is 27.2 Å². The van der Waals surface area contributed by atoms with Gasteiger partial charge in [-0.25, -0.2) is 18.1 Å². The van der Waals surface area contributed by atoms with Crippen LogP contribution in [0.3, 0.4) is 0 Å². The summed E-state index contributed by atoms with van der Waals surface area (Å²) in [6.45, 7) is 3.97. The topological polar surface area (TPSA) is 71.1 Å². The van der Waals surface area contributed by atoms with Crippen molar-refractivity contribution < 1.29 is 8.42 Å². The Hall–Kier alpha value is -1.66. The second-order valence-electron chi connectivity index (χ2n) is 7.19. The molecule has 1 fully saturated rings. The Morgan fingerprint density at radius 3 is 2.52 bits per heavy atom. The molecule has 0 saturated heterocycles. The predicted molar refractivity (Wildman–Crippen MR) is 103 cm³/mol. The molecule has 0 spiro atoms. The normalized spacial score (nSPS) is 21.6. The van der Waals surface area contributed by atoms with E-state index in [1.54, 1.807) is 13.8 Å². The van der Waals surface area contributed by atoms with Crippen LogP contribution in [0, 0.1) is 5.92 Å². The first-order valence-corrected chi connectivity index (χ1v) is 10.6. The third kappa shape index (κ3) is 4.70. The molecule has 0 unspecified atom stereocenters. The van der Waals surface area contributed by atoms with Crippen molar-refractivity contribution in [2.75, 3.05) is 11.9 Å². The fourth-order valence-electron chi connectivity index (χ4n) is 3.27. The molecule has 0 radical (unpaired) electrons. The van der Waals surface area contributed by atoms with Crippen molar-refractivity contribution in [2.45, 2.75) is 50.8 Å². The molecule has 0 aliphatic heterocycles. The Balaban J connectivity index is 1.50. The molecule has 1 aliphatic rings. The van der Waals surface area contributed by atoms with E-state index < -0.39 is 10.0 Å². The molecular weight excluding hydrogens is 334 g/mol. The number of fused-ring (bicyclic) bond motifs is 1. The summed E-state index contributed by atoms with van der Waals surface area (Å²) in [6.07, 6.45) is 4.16. The van der Waals surface area contributed by atoms with E-state index in [1.807, 2.05) is 24.3 Å². The van der Waals surface area contributed by atoms with Gasteiger partial charge < -0.3 is 5.32 Å². The zero-order chi connectivity index (χ0) is 17.9. The van der Waals surface area contributed by atoms with E-state index in [0.717, 1.165) is 42.4 Å². The Morgan fingerprint density at radius 2 is 1.80 bits per heavy atom. The first-order valence-electron chi connectivity index (χ1n) is 9.05. The lowest BCUT2D eigenvalue weighted by molar-refractivity contribution is 0.337. The maximum Gasteiger partial charge on any atom is 0.213 e. The fraction of sp³-hybridized carbons (Fsp3) is 0.526. The lowest BCUT2D eigenvalue weighted by Gasteiger charge is -2.29. The summed E-state index contributed by atoms with van der Waals surface area (Å²) < 4.78 is 26.5. The highest BCUT2D eigenvalue weighted by molar-refractivity contribution is 7.90. The molecule has 136 valence electrons. The van der Waals surface area contributed by atoms with Gasteiger partial charge in [-0.3, -0.25) is 0 Å². The smallest absolute Gasteiger partial charge is 0.213 e. The molecule has 1 heterocycles. The van der Waals surface area contributed by atoms with Gasteiger partial charge in [0.05, 0.1) is 10.8 Å². The number of sulfonamides is 1. The van der Waals surface area contributed by atoms with Crippen LogP contribution in [0.15, 0.2) is 36.4 Å². The number of hydrogen-bond donors (Lipinski definition) is 2. The van der Waals surface area contributed by atoms with Crippen LogP contribution in [0.25, 0.3) is 10.9 Å². The maximum atomic E-state index is 11.9. The molecule has 2 N–H and O–H groups in total. The molecule has 6 heteroatoms. The summed E-state index contributed by atoms with van der Waals surface area (Å²) in [6, 6.07) is 12.6. The number of rotatable bonds is 6. The fourth-order valence-corrected chi connectivity index (χ4v) is 4.07. The molecule has 0 bridgehead atoms. The zero-order valence-corrected chi connectivity index (χ0v) is 15.7. The van der Waals surface area contributed by atoms with Crippen LogP contribution in [-0.4, -0.2) is 31.2 Å². The molecule has 1 saturated carbocycles. The number of pyridine rings is 1. The third-order valence-corrected chi connectivity index (χ3v) is 6.80. The van der Waals surface area contributed by atoms with Gasteiger partial charge in [-0.2, -0.15) is 0 Å². The SMILES string of the molecule is CC(C)S(=O)(=O)NC[C@H]1CC[C@H](Nc2ccc3ccccc3n2)CC1. The highest BCUT2D eigenvalue weighted by Crippen LogP contribution is 2.26. The van der Waals surface area contributed by atoms with Gasteiger partial charge in [0.15, 0.2) is 0 Å². The summed E-state index contributed by atoms with van der Waals surface area (Å²) >= 11 is 0. The number of nitrogens with one attached hydrogen (secondary N) is 2. The van der Waals surface area contributed by atoms with Gasteiger partial charge in [0.1, 0.15) is 5.82 Å². The van der Waals surface area contributed by atoms with E-state index in [-0.39, 0.29) is 5.25 Å². The van der Waals surface area contributed by atoms with Crippen LogP contribution >= 0.6 is 0 Å². The number of nitrogens with zero attached hydrogens (tertiary/aromatic N) is 1. The van der Waals surface area contributed by atoms with Crippen LogP contribution in [-0.2, 0) is 10.0 Å². The molecule has 1 aromatic carbocycles. The molecule has 25 heavy (non-hydrogen) atoms. The van der Waals surface area contributed by atoms with Gasteiger partial charge >= 0.3 is 0 Å². The van der Waals surface area contributed by atoms with Crippen LogP contribution in [0.5, 0.6) is 0 Å². The van der Waals surface area contributed by atoms with E-state index in [9.17, 15) is 8.42 Å². The highest BCUT2D eigenvalue weighted by Gasteiger charge is 2.23.